The van der Waals surface area contributed by atoms with Crippen LogP contribution in [0.2, 0.25) is 5.02 Å². The van der Waals surface area contributed by atoms with E-state index in [2.05, 4.69) is 4.99 Å². The first kappa shape index (κ1) is 14.9. The van der Waals surface area contributed by atoms with Crippen molar-refractivity contribution in [3.63, 3.8) is 0 Å². The van der Waals surface area contributed by atoms with Gasteiger partial charge in [0.05, 0.1) is 4.92 Å². The molecule has 0 amide bonds. The Labute approximate surface area is 135 Å². The monoisotopic (exact) mass is 328 g/mol. The molecule has 114 valence electrons. The second-order valence-electron chi connectivity index (χ2n) is 4.66. The van der Waals surface area contributed by atoms with E-state index >= 15 is 0 Å². The summed E-state index contributed by atoms with van der Waals surface area (Å²) in [5.41, 5.74) is 1.19. The molecule has 1 aliphatic heterocycles. The van der Waals surface area contributed by atoms with Gasteiger partial charge in [-0.3, -0.25) is 10.1 Å². The Morgan fingerprint density at radius 2 is 1.83 bits per heavy atom. The summed E-state index contributed by atoms with van der Waals surface area (Å²) >= 11 is 6.04. The number of rotatable bonds is 3. The van der Waals surface area contributed by atoms with Crippen LogP contribution in [0, 0.1) is 10.1 Å². The number of ether oxygens (including phenoxy) is 1. The Bertz CT molecular complexity index is 857. The first-order valence-corrected chi connectivity index (χ1v) is 6.94. The van der Waals surface area contributed by atoms with Crippen molar-refractivity contribution < 1.29 is 14.5 Å². The van der Waals surface area contributed by atoms with E-state index in [1.807, 2.05) is 0 Å². The molecule has 0 bridgehead atoms. The van der Waals surface area contributed by atoms with Gasteiger partial charge in [0.2, 0.25) is 5.90 Å². The number of non-ortho nitro benzene ring substituents is 1. The summed E-state index contributed by atoms with van der Waals surface area (Å²) in [6.45, 7) is 0. The Kier molecular flexibility index (Phi) is 3.91. The number of nitrogens with zero attached hydrogens (tertiary/aromatic N) is 2. The molecule has 2 aromatic rings. The molecule has 3 rings (SSSR count). The number of hydrogen-bond acceptors (Lipinski definition) is 5. The zero-order chi connectivity index (χ0) is 16.4. The molecule has 6 nitrogen and oxygen atoms in total. The second kappa shape index (κ2) is 6.02. The molecule has 1 aliphatic rings. The van der Waals surface area contributed by atoms with Gasteiger partial charge in [-0.2, -0.15) is 0 Å². The number of halogens is 1. The van der Waals surface area contributed by atoms with Crippen LogP contribution in [-0.4, -0.2) is 16.8 Å². The highest BCUT2D eigenvalue weighted by Gasteiger charge is 2.24. The van der Waals surface area contributed by atoms with Gasteiger partial charge >= 0.3 is 5.97 Å². The van der Waals surface area contributed by atoms with Crippen molar-refractivity contribution in [1.29, 1.82) is 0 Å². The van der Waals surface area contributed by atoms with Crippen LogP contribution in [0.25, 0.3) is 6.08 Å². The average Bonchev–Trinajstić information content (AvgIpc) is 2.91. The number of hydrogen-bond donors (Lipinski definition) is 0. The lowest BCUT2D eigenvalue weighted by molar-refractivity contribution is -0.384. The van der Waals surface area contributed by atoms with Crippen LogP contribution in [0.5, 0.6) is 0 Å². The number of esters is 1. The number of aliphatic imine (C=N–C) groups is 1. The molecule has 0 fully saturated rings. The SMILES string of the molecule is O=C1OC(c2ccc([N+](=O)[O-])cc2)=NC1=Cc1ccccc1Cl. The molecular weight excluding hydrogens is 320 g/mol. The number of cyclic esters (lactones) is 1. The number of carbonyl (C=O) groups is 1. The molecule has 0 atom stereocenters. The van der Waals surface area contributed by atoms with Crippen LogP contribution in [0.4, 0.5) is 5.69 Å². The van der Waals surface area contributed by atoms with Crippen LogP contribution in [0.1, 0.15) is 11.1 Å². The van der Waals surface area contributed by atoms with E-state index in [9.17, 15) is 14.9 Å². The normalized spacial score (nSPS) is 15.4. The van der Waals surface area contributed by atoms with Crippen LogP contribution < -0.4 is 0 Å². The number of nitro benzene ring substituents is 1. The first-order chi connectivity index (χ1) is 11.0. The average molecular weight is 329 g/mol. The van der Waals surface area contributed by atoms with E-state index in [4.69, 9.17) is 16.3 Å². The Balaban J connectivity index is 1.92. The maximum Gasteiger partial charge on any atom is 0.363 e. The molecule has 0 unspecified atom stereocenters. The van der Waals surface area contributed by atoms with Crippen molar-refractivity contribution in [1.82, 2.24) is 0 Å². The van der Waals surface area contributed by atoms with E-state index in [0.29, 0.717) is 16.1 Å². The van der Waals surface area contributed by atoms with E-state index in [-0.39, 0.29) is 17.3 Å². The molecule has 7 heteroatoms. The largest absolute Gasteiger partial charge is 0.402 e. The Morgan fingerprint density at radius 1 is 1.13 bits per heavy atom. The quantitative estimate of drug-likeness (QED) is 0.373. The third-order valence-corrected chi connectivity index (χ3v) is 3.49. The fourth-order valence-electron chi connectivity index (χ4n) is 2.00. The summed E-state index contributed by atoms with van der Waals surface area (Å²) in [6, 6.07) is 12.6. The van der Waals surface area contributed by atoms with Crippen molar-refractivity contribution in [2.24, 2.45) is 4.99 Å². The zero-order valence-corrected chi connectivity index (χ0v) is 12.4. The van der Waals surface area contributed by atoms with Crippen LogP contribution in [0.3, 0.4) is 0 Å². The lowest BCUT2D eigenvalue weighted by Crippen LogP contribution is -2.05. The fraction of sp³-hybridized carbons (Fsp3) is 0. The minimum Gasteiger partial charge on any atom is -0.402 e. The van der Waals surface area contributed by atoms with Crippen molar-refractivity contribution in [2.75, 3.05) is 0 Å². The molecule has 0 radical (unpaired) electrons. The predicted octanol–water partition coefficient (Wildman–Crippen LogP) is 3.59. The molecular formula is C16H9ClN2O4. The molecule has 0 saturated heterocycles. The molecule has 0 N–H and O–H groups in total. The van der Waals surface area contributed by atoms with Gasteiger partial charge in [-0.25, -0.2) is 9.79 Å². The predicted molar refractivity (Wildman–Crippen MR) is 85.2 cm³/mol. The highest BCUT2D eigenvalue weighted by molar-refractivity contribution is 6.32. The van der Waals surface area contributed by atoms with Gasteiger partial charge in [-0.05, 0) is 29.8 Å². The van der Waals surface area contributed by atoms with Crippen molar-refractivity contribution in [3.8, 4) is 0 Å². The molecule has 0 aromatic heterocycles. The topological polar surface area (TPSA) is 81.8 Å². The lowest BCUT2D eigenvalue weighted by Gasteiger charge is -1.98. The van der Waals surface area contributed by atoms with Gasteiger partial charge in [-0.1, -0.05) is 29.8 Å². The molecule has 0 saturated carbocycles. The van der Waals surface area contributed by atoms with Gasteiger partial charge in [0.1, 0.15) is 0 Å². The number of carbonyl (C=O) groups excluding carboxylic acids is 1. The molecule has 1 heterocycles. The highest BCUT2D eigenvalue weighted by Crippen LogP contribution is 2.23. The smallest absolute Gasteiger partial charge is 0.363 e. The first-order valence-electron chi connectivity index (χ1n) is 6.56. The third kappa shape index (κ3) is 3.12. The number of nitro groups is 1. The van der Waals surface area contributed by atoms with Gasteiger partial charge in [0.15, 0.2) is 5.70 Å². The van der Waals surface area contributed by atoms with Crippen LogP contribution >= 0.6 is 11.6 Å². The molecule has 0 spiro atoms. The lowest BCUT2D eigenvalue weighted by atomic mass is 10.2. The summed E-state index contributed by atoms with van der Waals surface area (Å²) < 4.78 is 5.10. The maximum atomic E-state index is 11.9. The van der Waals surface area contributed by atoms with Crippen molar-refractivity contribution in [3.05, 3.63) is 80.5 Å². The highest BCUT2D eigenvalue weighted by atomic mass is 35.5. The van der Waals surface area contributed by atoms with Gasteiger partial charge in [-0.15, -0.1) is 0 Å². The van der Waals surface area contributed by atoms with Gasteiger partial charge in [0, 0.05) is 22.7 Å². The summed E-state index contributed by atoms with van der Waals surface area (Å²) in [5.74, 6) is -0.499. The van der Waals surface area contributed by atoms with Crippen LogP contribution in [-0.2, 0) is 9.53 Å². The van der Waals surface area contributed by atoms with E-state index in [1.54, 1.807) is 24.3 Å². The van der Waals surface area contributed by atoms with E-state index in [0.717, 1.165) is 0 Å². The Morgan fingerprint density at radius 3 is 2.48 bits per heavy atom. The molecule has 0 aliphatic carbocycles. The van der Waals surface area contributed by atoms with Gasteiger partial charge < -0.3 is 4.74 Å². The van der Waals surface area contributed by atoms with Crippen molar-refractivity contribution in [2.45, 2.75) is 0 Å². The third-order valence-electron chi connectivity index (χ3n) is 3.14. The molecule has 2 aromatic carbocycles. The Hall–Kier alpha value is -2.99. The van der Waals surface area contributed by atoms with Gasteiger partial charge in [0.25, 0.3) is 5.69 Å². The van der Waals surface area contributed by atoms with Crippen LogP contribution in [0.15, 0.2) is 59.2 Å². The summed E-state index contributed by atoms with van der Waals surface area (Å²) in [6.07, 6.45) is 1.53. The summed E-state index contributed by atoms with van der Waals surface area (Å²) in [7, 11) is 0. The second-order valence-corrected chi connectivity index (χ2v) is 5.07. The maximum absolute atomic E-state index is 11.9. The molecule has 23 heavy (non-hydrogen) atoms. The zero-order valence-electron chi connectivity index (χ0n) is 11.6. The van der Waals surface area contributed by atoms with E-state index < -0.39 is 10.9 Å². The standard InChI is InChI=1S/C16H9ClN2O4/c17-13-4-2-1-3-11(13)9-14-16(20)23-15(18-14)10-5-7-12(8-6-10)19(21)22/h1-9H. The summed E-state index contributed by atoms with van der Waals surface area (Å²) in [5, 5.41) is 11.1. The minimum absolute atomic E-state index is 0.0505. The minimum atomic E-state index is -0.599. The van der Waals surface area contributed by atoms with E-state index in [1.165, 1.54) is 30.3 Å². The summed E-state index contributed by atoms with van der Waals surface area (Å²) in [4.78, 5) is 26.2. The van der Waals surface area contributed by atoms with Crippen molar-refractivity contribution >= 4 is 35.2 Å². The number of benzene rings is 2. The fourth-order valence-corrected chi connectivity index (χ4v) is 2.19.